The van der Waals surface area contributed by atoms with Crippen LogP contribution in [0.1, 0.15) is 86.5 Å². The molecule has 1 saturated carbocycles. The van der Waals surface area contributed by atoms with E-state index in [1.54, 1.807) is 0 Å². The van der Waals surface area contributed by atoms with Crippen molar-refractivity contribution in [3.63, 3.8) is 0 Å². The monoisotopic (exact) mass is 253 g/mol. The molecule has 0 aromatic carbocycles. The smallest absolute Gasteiger partial charge is 0.0132 e. The largest absolute Gasteiger partial charge is 0.309 e. The lowest BCUT2D eigenvalue weighted by atomic mass is 9.79. The van der Waals surface area contributed by atoms with E-state index in [0.29, 0.717) is 5.41 Å². The van der Waals surface area contributed by atoms with Gasteiger partial charge in [-0.15, -0.1) is 0 Å². The Hall–Kier alpha value is -0.0400. The Morgan fingerprint density at radius 3 is 1.94 bits per heavy atom. The van der Waals surface area contributed by atoms with Crippen LogP contribution in [-0.4, -0.2) is 11.6 Å². The van der Waals surface area contributed by atoms with Crippen molar-refractivity contribution in [2.24, 2.45) is 11.3 Å². The molecule has 1 aliphatic rings. The summed E-state index contributed by atoms with van der Waals surface area (Å²) >= 11 is 0. The predicted octanol–water partition coefficient (Wildman–Crippen LogP) is 5.15. The SMILES string of the molecule is CCCC1CCC(NC(C)(C)CC(C)(C)C)CC1. The molecule has 0 spiro atoms. The van der Waals surface area contributed by atoms with Crippen molar-refractivity contribution in [1.29, 1.82) is 0 Å². The first-order valence-electron chi connectivity index (χ1n) is 7.99. The van der Waals surface area contributed by atoms with E-state index in [9.17, 15) is 0 Å². The Balaban J connectivity index is 2.35. The molecule has 0 aromatic rings. The maximum Gasteiger partial charge on any atom is 0.0132 e. The zero-order valence-electron chi connectivity index (χ0n) is 13.6. The lowest BCUT2D eigenvalue weighted by Crippen LogP contribution is -2.49. The molecule has 0 aromatic heterocycles. The van der Waals surface area contributed by atoms with E-state index in [1.165, 1.54) is 44.9 Å². The van der Waals surface area contributed by atoms with Crippen LogP contribution in [0.3, 0.4) is 0 Å². The summed E-state index contributed by atoms with van der Waals surface area (Å²) in [6, 6.07) is 0.760. The van der Waals surface area contributed by atoms with Crippen LogP contribution in [0.4, 0.5) is 0 Å². The van der Waals surface area contributed by atoms with Crippen LogP contribution in [0.15, 0.2) is 0 Å². The highest BCUT2D eigenvalue weighted by Crippen LogP contribution is 2.31. The van der Waals surface area contributed by atoms with Crippen LogP contribution in [0.25, 0.3) is 0 Å². The van der Waals surface area contributed by atoms with Gasteiger partial charge in [0, 0.05) is 11.6 Å². The molecule has 108 valence electrons. The molecule has 0 amide bonds. The number of hydrogen-bond donors (Lipinski definition) is 1. The molecular formula is C17H35N. The minimum atomic E-state index is 0.278. The second-order valence-electron chi connectivity index (χ2n) is 8.27. The van der Waals surface area contributed by atoms with Gasteiger partial charge >= 0.3 is 0 Å². The standard InChI is InChI=1S/C17H35N/c1-7-8-14-9-11-15(12-10-14)18-17(5,6)13-16(2,3)4/h14-15,18H,7-13H2,1-6H3. The average Bonchev–Trinajstić information content (AvgIpc) is 2.17. The molecule has 0 heterocycles. The van der Waals surface area contributed by atoms with Gasteiger partial charge in [0.1, 0.15) is 0 Å². The number of nitrogens with one attached hydrogen (secondary N) is 1. The molecule has 0 bridgehead atoms. The van der Waals surface area contributed by atoms with Gasteiger partial charge in [-0.3, -0.25) is 0 Å². The summed E-state index contributed by atoms with van der Waals surface area (Å²) in [5, 5.41) is 3.91. The van der Waals surface area contributed by atoms with Crippen molar-refractivity contribution in [2.75, 3.05) is 0 Å². The van der Waals surface area contributed by atoms with E-state index >= 15 is 0 Å². The minimum absolute atomic E-state index is 0.278. The Morgan fingerprint density at radius 1 is 0.944 bits per heavy atom. The van der Waals surface area contributed by atoms with Gasteiger partial charge in [-0.25, -0.2) is 0 Å². The number of rotatable bonds is 5. The van der Waals surface area contributed by atoms with Crippen molar-refractivity contribution in [3.05, 3.63) is 0 Å². The van der Waals surface area contributed by atoms with Gasteiger partial charge < -0.3 is 5.32 Å². The van der Waals surface area contributed by atoms with E-state index in [0.717, 1.165) is 12.0 Å². The molecule has 1 rings (SSSR count). The van der Waals surface area contributed by atoms with Crippen molar-refractivity contribution < 1.29 is 0 Å². The molecule has 0 atom stereocenters. The second-order valence-corrected chi connectivity index (χ2v) is 8.27. The van der Waals surface area contributed by atoms with E-state index in [4.69, 9.17) is 0 Å². The van der Waals surface area contributed by atoms with Gasteiger partial charge in [0.2, 0.25) is 0 Å². The molecule has 1 N–H and O–H groups in total. The Morgan fingerprint density at radius 2 is 1.50 bits per heavy atom. The van der Waals surface area contributed by atoms with E-state index in [2.05, 4.69) is 46.9 Å². The molecule has 1 fully saturated rings. The maximum absolute atomic E-state index is 3.91. The van der Waals surface area contributed by atoms with Crippen LogP contribution in [0, 0.1) is 11.3 Å². The van der Waals surface area contributed by atoms with E-state index < -0.39 is 0 Å². The highest BCUT2D eigenvalue weighted by molar-refractivity contribution is 4.88. The van der Waals surface area contributed by atoms with E-state index in [1.807, 2.05) is 0 Å². The van der Waals surface area contributed by atoms with Gasteiger partial charge in [-0.05, 0) is 57.3 Å². The summed E-state index contributed by atoms with van der Waals surface area (Å²) in [6.45, 7) is 14.1. The molecule has 18 heavy (non-hydrogen) atoms. The summed E-state index contributed by atoms with van der Waals surface area (Å²) in [5.74, 6) is 1.01. The normalized spacial score (nSPS) is 26.3. The van der Waals surface area contributed by atoms with E-state index in [-0.39, 0.29) is 5.54 Å². The summed E-state index contributed by atoms with van der Waals surface area (Å²) in [6.07, 6.45) is 9.70. The third-order valence-electron chi connectivity index (χ3n) is 4.11. The second kappa shape index (κ2) is 6.41. The Kier molecular flexibility index (Phi) is 5.70. The molecule has 1 aliphatic carbocycles. The van der Waals surface area contributed by atoms with Gasteiger partial charge in [0.15, 0.2) is 0 Å². The van der Waals surface area contributed by atoms with Crippen LogP contribution < -0.4 is 5.32 Å². The maximum atomic E-state index is 3.91. The molecule has 0 unspecified atom stereocenters. The molecule has 0 radical (unpaired) electrons. The topological polar surface area (TPSA) is 12.0 Å². The van der Waals surface area contributed by atoms with Gasteiger partial charge in [-0.2, -0.15) is 0 Å². The predicted molar refractivity (Wildman–Crippen MR) is 81.9 cm³/mol. The Bertz CT molecular complexity index is 228. The number of hydrogen-bond acceptors (Lipinski definition) is 1. The average molecular weight is 253 g/mol. The first-order valence-corrected chi connectivity index (χ1v) is 7.99. The van der Waals surface area contributed by atoms with Crippen LogP contribution >= 0.6 is 0 Å². The molecule has 1 nitrogen and oxygen atoms in total. The van der Waals surface area contributed by atoms with Crippen LogP contribution in [0.2, 0.25) is 0 Å². The zero-order chi connectivity index (χ0) is 13.8. The lowest BCUT2D eigenvalue weighted by molar-refractivity contribution is 0.187. The first kappa shape index (κ1) is 16.0. The fourth-order valence-electron chi connectivity index (χ4n) is 3.93. The van der Waals surface area contributed by atoms with Crippen LogP contribution in [0.5, 0.6) is 0 Å². The summed E-state index contributed by atoms with van der Waals surface area (Å²) < 4.78 is 0. The van der Waals surface area contributed by atoms with Crippen LogP contribution in [-0.2, 0) is 0 Å². The summed E-state index contributed by atoms with van der Waals surface area (Å²) in [5.41, 5.74) is 0.691. The Labute approximate surface area is 115 Å². The first-order chi connectivity index (χ1) is 8.22. The third kappa shape index (κ3) is 6.22. The molecule has 1 heteroatoms. The lowest BCUT2D eigenvalue weighted by Gasteiger charge is -2.39. The molecular weight excluding hydrogens is 218 g/mol. The summed E-state index contributed by atoms with van der Waals surface area (Å²) in [7, 11) is 0. The highest BCUT2D eigenvalue weighted by atomic mass is 15.0. The van der Waals surface area contributed by atoms with Crippen molar-refractivity contribution in [2.45, 2.75) is 98.1 Å². The summed E-state index contributed by atoms with van der Waals surface area (Å²) in [4.78, 5) is 0. The van der Waals surface area contributed by atoms with Gasteiger partial charge in [0.25, 0.3) is 0 Å². The zero-order valence-corrected chi connectivity index (χ0v) is 13.6. The highest BCUT2D eigenvalue weighted by Gasteiger charge is 2.29. The van der Waals surface area contributed by atoms with Gasteiger partial charge in [-0.1, -0.05) is 40.5 Å². The minimum Gasteiger partial charge on any atom is -0.309 e. The fourth-order valence-corrected chi connectivity index (χ4v) is 3.93. The van der Waals surface area contributed by atoms with Crippen molar-refractivity contribution in [1.82, 2.24) is 5.32 Å². The molecule has 0 aliphatic heterocycles. The molecule has 0 saturated heterocycles. The van der Waals surface area contributed by atoms with Gasteiger partial charge in [0.05, 0.1) is 0 Å². The van der Waals surface area contributed by atoms with Crippen molar-refractivity contribution in [3.8, 4) is 0 Å². The quantitative estimate of drug-likeness (QED) is 0.714. The van der Waals surface area contributed by atoms with Crippen molar-refractivity contribution >= 4 is 0 Å². The third-order valence-corrected chi connectivity index (χ3v) is 4.11. The fraction of sp³-hybridized carbons (Fsp3) is 1.00.